The Hall–Kier alpha value is -1.98. The first kappa shape index (κ1) is 16.9. The molecule has 1 saturated heterocycles. The van der Waals surface area contributed by atoms with E-state index in [1.54, 1.807) is 29.5 Å². The Morgan fingerprint density at radius 3 is 2.83 bits per heavy atom. The third kappa shape index (κ3) is 3.57. The van der Waals surface area contributed by atoms with Gasteiger partial charge in [0.05, 0.1) is 11.4 Å². The summed E-state index contributed by atoms with van der Waals surface area (Å²) < 4.78 is 0. The summed E-state index contributed by atoms with van der Waals surface area (Å²) in [6, 6.07) is 11.7. The lowest BCUT2D eigenvalue weighted by molar-refractivity contribution is -0.931. The highest BCUT2D eigenvalue weighted by molar-refractivity contribution is 7.10. The number of carbonyl (C=O) groups is 2. The van der Waals surface area contributed by atoms with Crippen molar-refractivity contribution in [2.45, 2.75) is 38.8 Å². The number of anilines is 1. The normalized spacial score (nSPS) is 21.4. The van der Waals surface area contributed by atoms with E-state index in [1.165, 1.54) is 16.7 Å². The Labute approximate surface area is 146 Å². The number of thiophene rings is 1. The van der Waals surface area contributed by atoms with Gasteiger partial charge in [-0.15, -0.1) is 11.3 Å². The largest absolute Gasteiger partial charge is 0.321 e. The van der Waals surface area contributed by atoms with Gasteiger partial charge in [-0.05, 0) is 37.4 Å². The number of Topliss-reactive ketones (excluding diaryl/α,β-unsaturated/α-hetero) is 1. The molecule has 2 heterocycles. The standard InChI is InChI=1S/C19H22N2O2S/c1-13(21-10-4-8-17(21)18-9-5-11-24-18)19(23)20-16-7-3-6-15(12-16)14(2)22/h3,5-7,9,11-13,17H,4,8,10H2,1-2H3,(H,20,23)/p+1/t13-,17+/m0/s1. The van der Waals surface area contributed by atoms with E-state index in [2.05, 4.69) is 22.8 Å². The number of amides is 1. The molecule has 1 fully saturated rings. The molecule has 3 rings (SSSR count). The molecular weight excluding hydrogens is 320 g/mol. The maximum Gasteiger partial charge on any atom is 0.282 e. The highest BCUT2D eigenvalue weighted by Crippen LogP contribution is 2.24. The molecule has 1 aliphatic rings. The summed E-state index contributed by atoms with van der Waals surface area (Å²) in [7, 11) is 0. The number of likely N-dealkylation sites (tertiary alicyclic amines) is 1. The molecule has 1 aliphatic heterocycles. The van der Waals surface area contributed by atoms with Gasteiger partial charge in [-0.3, -0.25) is 9.59 Å². The molecule has 5 heteroatoms. The predicted molar refractivity (Wildman–Crippen MR) is 96.7 cm³/mol. The first-order valence-electron chi connectivity index (χ1n) is 8.37. The number of hydrogen-bond acceptors (Lipinski definition) is 3. The average molecular weight is 343 g/mol. The second-order valence-electron chi connectivity index (χ2n) is 6.38. The number of quaternary nitrogens is 1. The molecule has 0 saturated carbocycles. The van der Waals surface area contributed by atoms with Crippen LogP contribution in [-0.2, 0) is 4.79 Å². The number of benzene rings is 1. The van der Waals surface area contributed by atoms with Crippen LogP contribution in [0.5, 0.6) is 0 Å². The van der Waals surface area contributed by atoms with Gasteiger partial charge >= 0.3 is 0 Å². The van der Waals surface area contributed by atoms with E-state index in [1.807, 2.05) is 13.0 Å². The van der Waals surface area contributed by atoms with E-state index in [-0.39, 0.29) is 17.7 Å². The smallest absolute Gasteiger partial charge is 0.282 e. The number of hydrogen-bond donors (Lipinski definition) is 2. The van der Waals surface area contributed by atoms with Crippen LogP contribution in [-0.4, -0.2) is 24.3 Å². The van der Waals surface area contributed by atoms with Crippen LogP contribution in [0.15, 0.2) is 41.8 Å². The van der Waals surface area contributed by atoms with Crippen molar-refractivity contribution in [2.75, 3.05) is 11.9 Å². The summed E-state index contributed by atoms with van der Waals surface area (Å²) in [5, 5.41) is 5.07. The average Bonchev–Trinajstić information content (AvgIpc) is 3.25. The molecule has 0 radical (unpaired) electrons. The Kier molecular flexibility index (Phi) is 5.11. The molecule has 3 atom stereocenters. The van der Waals surface area contributed by atoms with Gasteiger partial charge in [-0.25, -0.2) is 0 Å². The topological polar surface area (TPSA) is 50.6 Å². The van der Waals surface area contributed by atoms with Crippen molar-refractivity contribution < 1.29 is 14.5 Å². The number of ketones is 1. The van der Waals surface area contributed by atoms with Crippen molar-refractivity contribution in [1.29, 1.82) is 0 Å². The molecule has 2 aromatic rings. The van der Waals surface area contributed by atoms with Crippen molar-refractivity contribution in [3.05, 3.63) is 52.2 Å². The minimum Gasteiger partial charge on any atom is -0.321 e. The Morgan fingerprint density at radius 1 is 1.29 bits per heavy atom. The van der Waals surface area contributed by atoms with Crippen LogP contribution in [0.2, 0.25) is 0 Å². The fourth-order valence-corrected chi connectivity index (χ4v) is 4.34. The Morgan fingerprint density at radius 2 is 2.12 bits per heavy atom. The lowest BCUT2D eigenvalue weighted by Gasteiger charge is -2.26. The minimum atomic E-state index is -0.124. The summed E-state index contributed by atoms with van der Waals surface area (Å²) >= 11 is 1.77. The van der Waals surface area contributed by atoms with Gasteiger partial charge in [0.1, 0.15) is 6.04 Å². The zero-order valence-corrected chi connectivity index (χ0v) is 14.9. The fraction of sp³-hybridized carbons (Fsp3) is 0.368. The molecule has 1 aromatic heterocycles. The zero-order valence-electron chi connectivity index (χ0n) is 14.0. The molecule has 1 amide bonds. The quantitative estimate of drug-likeness (QED) is 0.820. The van der Waals surface area contributed by atoms with Crippen molar-refractivity contribution >= 4 is 28.7 Å². The van der Waals surface area contributed by atoms with Gasteiger partial charge in [0.2, 0.25) is 0 Å². The van der Waals surface area contributed by atoms with Gasteiger partial charge in [0.25, 0.3) is 5.91 Å². The van der Waals surface area contributed by atoms with Gasteiger partial charge < -0.3 is 10.2 Å². The van der Waals surface area contributed by atoms with Crippen LogP contribution in [0.25, 0.3) is 0 Å². The maximum absolute atomic E-state index is 12.7. The van der Waals surface area contributed by atoms with Crippen molar-refractivity contribution in [2.24, 2.45) is 0 Å². The van der Waals surface area contributed by atoms with E-state index >= 15 is 0 Å². The second kappa shape index (κ2) is 7.28. The lowest BCUT2D eigenvalue weighted by atomic mass is 10.1. The number of nitrogens with one attached hydrogen (secondary N) is 2. The summed E-state index contributed by atoms with van der Waals surface area (Å²) in [6.45, 7) is 4.54. The monoisotopic (exact) mass is 343 g/mol. The van der Waals surface area contributed by atoms with Crippen molar-refractivity contribution in [3.63, 3.8) is 0 Å². The lowest BCUT2D eigenvalue weighted by Crippen LogP contribution is -3.15. The first-order chi connectivity index (χ1) is 11.6. The molecule has 24 heavy (non-hydrogen) atoms. The van der Waals surface area contributed by atoms with Crippen LogP contribution in [0.1, 0.15) is 48.0 Å². The summed E-state index contributed by atoms with van der Waals surface area (Å²) in [4.78, 5) is 26.9. The second-order valence-corrected chi connectivity index (χ2v) is 7.36. The third-order valence-electron chi connectivity index (χ3n) is 4.78. The van der Waals surface area contributed by atoms with Gasteiger partial charge in [-0.2, -0.15) is 0 Å². The van der Waals surface area contributed by atoms with Crippen molar-refractivity contribution in [3.8, 4) is 0 Å². The van der Waals surface area contributed by atoms with E-state index in [0.717, 1.165) is 19.4 Å². The molecule has 2 N–H and O–H groups in total. The molecule has 4 nitrogen and oxygen atoms in total. The highest BCUT2D eigenvalue weighted by atomic mass is 32.1. The van der Waals surface area contributed by atoms with Crippen LogP contribution in [0, 0.1) is 0 Å². The minimum absolute atomic E-state index is 0.00192. The molecule has 0 aliphatic carbocycles. The molecule has 0 spiro atoms. The molecule has 126 valence electrons. The maximum atomic E-state index is 12.7. The Bertz CT molecular complexity index is 727. The van der Waals surface area contributed by atoms with E-state index in [0.29, 0.717) is 17.3 Å². The van der Waals surface area contributed by atoms with Crippen LogP contribution in [0.3, 0.4) is 0 Å². The highest BCUT2D eigenvalue weighted by Gasteiger charge is 2.37. The first-order valence-corrected chi connectivity index (χ1v) is 9.25. The molecule has 0 bridgehead atoms. The number of rotatable bonds is 5. The SMILES string of the molecule is CC(=O)c1cccc(NC(=O)[C@H](C)[NH+]2CCC[C@@H]2c2cccs2)c1. The predicted octanol–water partition coefficient (Wildman–Crippen LogP) is 2.70. The van der Waals surface area contributed by atoms with E-state index < -0.39 is 0 Å². The van der Waals surface area contributed by atoms with Crippen LogP contribution >= 0.6 is 11.3 Å². The van der Waals surface area contributed by atoms with Gasteiger partial charge in [-0.1, -0.05) is 18.2 Å². The molecular formula is C19H23N2O2S+. The Balaban J connectivity index is 1.70. The van der Waals surface area contributed by atoms with Crippen molar-refractivity contribution in [1.82, 2.24) is 0 Å². The third-order valence-corrected chi connectivity index (χ3v) is 5.76. The van der Waals surface area contributed by atoms with Gasteiger partial charge in [0, 0.05) is 24.1 Å². The van der Waals surface area contributed by atoms with Crippen LogP contribution < -0.4 is 10.2 Å². The molecule has 1 unspecified atom stereocenters. The van der Waals surface area contributed by atoms with Gasteiger partial charge in [0.15, 0.2) is 11.8 Å². The van der Waals surface area contributed by atoms with Crippen LogP contribution in [0.4, 0.5) is 5.69 Å². The summed E-state index contributed by atoms with van der Waals surface area (Å²) in [5.74, 6) is 0.0104. The molecule has 1 aromatic carbocycles. The summed E-state index contributed by atoms with van der Waals surface area (Å²) in [6.07, 6.45) is 2.28. The van der Waals surface area contributed by atoms with E-state index in [4.69, 9.17) is 0 Å². The zero-order chi connectivity index (χ0) is 17.1. The number of carbonyl (C=O) groups excluding carboxylic acids is 2. The fourth-order valence-electron chi connectivity index (χ4n) is 3.44. The van der Waals surface area contributed by atoms with E-state index in [9.17, 15) is 9.59 Å². The summed E-state index contributed by atoms with van der Waals surface area (Å²) in [5.41, 5.74) is 1.30.